The maximum absolute atomic E-state index is 12.7. The predicted octanol–water partition coefficient (Wildman–Crippen LogP) is 4.06. The predicted molar refractivity (Wildman–Crippen MR) is 75.5 cm³/mol. The molecule has 0 aliphatic rings. The van der Waals surface area contributed by atoms with E-state index in [9.17, 15) is 9.18 Å². The highest BCUT2D eigenvalue weighted by atomic mass is 35.5. The summed E-state index contributed by atoms with van der Waals surface area (Å²) < 4.78 is 12.7. The molecule has 102 valence electrons. The average Bonchev–Trinajstić information content (AvgIpc) is 2.44. The normalized spacial score (nSPS) is 10.5. The number of carbonyl (C=O) groups excluding carboxylic acids is 1. The van der Waals surface area contributed by atoms with E-state index in [1.807, 2.05) is 0 Å². The van der Waals surface area contributed by atoms with E-state index >= 15 is 0 Å². The summed E-state index contributed by atoms with van der Waals surface area (Å²) in [6, 6.07) is 12.3. The Balaban J connectivity index is 1.89. The summed E-state index contributed by atoms with van der Waals surface area (Å²) >= 11 is 5.87. The Labute approximate surface area is 119 Å². The van der Waals surface area contributed by atoms with Gasteiger partial charge in [-0.3, -0.25) is 10.2 Å². The Hall–Kier alpha value is -2.40. The fourth-order valence-corrected chi connectivity index (χ4v) is 1.56. The van der Waals surface area contributed by atoms with Gasteiger partial charge in [-0.15, -0.1) is 0 Å². The number of rotatable bonds is 3. The molecule has 6 heteroatoms. The van der Waals surface area contributed by atoms with Crippen LogP contribution < -0.4 is 5.32 Å². The van der Waals surface area contributed by atoms with E-state index in [1.165, 1.54) is 30.5 Å². The molecule has 1 amide bonds. The van der Waals surface area contributed by atoms with Gasteiger partial charge in [-0.05, 0) is 29.8 Å². The van der Waals surface area contributed by atoms with Crippen LogP contribution in [0.2, 0.25) is 5.02 Å². The fourth-order valence-electron chi connectivity index (χ4n) is 1.38. The van der Waals surface area contributed by atoms with Crippen LogP contribution in [0.25, 0.3) is 0 Å². The molecule has 1 N–H and O–H groups in total. The molecule has 0 radical (unpaired) electrons. The molecule has 0 aliphatic carbocycles. The van der Waals surface area contributed by atoms with Gasteiger partial charge in [0.1, 0.15) is 5.82 Å². The van der Waals surface area contributed by atoms with E-state index in [0.29, 0.717) is 16.3 Å². The number of nitrogens with zero attached hydrogens (tertiary/aromatic N) is 1. The van der Waals surface area contributed by atoms with Crippen molar-refractivity contribution in [3.05, 3.63) is 64.9 Å². The van der Waals surface area contributed by atoms with Crippen molar-refractivity contribution in [2.24, 2.45) is 5.16 Å². The van der Waals surface area contributed by atoms with Crippen LogP contribution >= 0.6 is 11.6 Å². The van der Waals surface area contributed by atoms with Crippen LogP contribution in [0.15, 0.2) is 53.7 Å². The molecular weight excluding hydrogens is 283 g/mol. The molecule has 0 saturated heterocycles. The Morgan fingerprint density at radius 1 is 1.20 bits per heavy atom. The molecule has 0 aromatic heterocycles. The topological polar surface area (TPSA) is 50.7 Å². The van der Waals surface area contributed by atoms with Crippen molar-refractivity contribution in [3.8, 4) is 0 Å². The van der Waals surface area contributed by atoms with Crippen molar-refractivity contribution >= 4 is 29.6 Å². The Morgan fingerprint density at radius 3 is 2.60 bits per heavy atom. The molecule has 0 bridgehead atoms. The van der Waals surface area contributed by atoms with E-state index in [-0.39, 0.29) is 5.82 Å². The number of amides is 1. The third-order valence-corrected chi connectivity index (χ3v) is 2.65. The monoisotopic (exact) mass is 292 g/mol. The van der Waals surface area contributed by atoms with Gasteiger partial charge in [-0.1, -0.05) is 41.0 Å². The molecule has 0 aliphatic heterocycles. The molecule has 2 aromatic rings. The average molecular weight is 293 g/mol. The third-order valence-electron chi connectivity index (χ3n) is 2.32. The van der Waals surface area contributed by atoms with Gasteiger partial charge >= 0.3 is 6.09 Å². The summed E-state index contributed by atoms with van der Waals surface area (Å²) in [5, 5.41) is 6.33. The molecule has 2 aromatic carbocycles. The van der Waals surface area contributed by atoms with Crippen LogP contribution in [0.1, 0.15) is 5.56 Å². The molecule has 0 heterocycles. The van der Waals surface area contributed by atoms with Gasteiger partial charge in [-0.2, -0.15) is 0 Å². The van der Waals surface area contributed by atoms with Crippen molar-refractivity contribution in [2.75, 3.05) is 5.32 Å². The summed E-state index contributed by atoms with van der Waals surface area (Å²) in [7, 11) is 0. The highest BCUT2D eigenvalue weighted by Crippen LogP contribution is 2.20. The standard InChI is InChI=1S/C14H10ClFN2O2/c15-12-3-1-2-4-13(12)18-14(19)20-17-9-10-5-7-11(16)8-6-10/h1-9H,(H,18,19)/b17-9+. The van der Waals surface area contributed by atoms with Crippen LogP contribution in [-0.2, 0) is 4.84 Å². The molecule has 4 nitrogen and oxygen atoms in total. The van der Waals surface area contributed by atoms with Crippen LogP contribution in [0.3, 0.4) is 0 Å². The highest BCUT2D eigenvalue weighted by Gasteiger charge is 2.05. The van der Waals surface area contributed by atoms with Gasteiger partial charge < -0.3 is 0 Å². The van der Waals surface area contributed by atoms with E-state index in [2.05, 4.69) is 15.3 Å². The lowest BCUT2D eigenvalue weighted by Gasteiger charge is -2.03. The number of halogens is 2. The number of para-hydroxylation sites is 1. The second-order valence-electron chi connectivity index (χ2n) is 3.77. The van der Waals surface area contributed by atoms with Crippen LogP contribution in [0.5, 0.6) is 0 Å². The highest BCUT2D eigenvalue weighted by molar-refractivity contribution is 6.33. The maximum Gasteiger partial charge on any atom is 0.437 e. The molecule has 2 rings (SSSR count). The quantitative estimate of drug-likeness (QED) is 0.527. The molecule has 0 fully saturated rings. The summed E-state index contributed by atoms with van der Waals surface area (Å²) in [4.78, 5) is 16.0. The number of oxime groups is 1. The first-order valence-corrected chi connectivity index (χ1v) is 6.04. The number of nitrogens with one attached hydrogen (secondary N) is 1. The van der Waals surface area contributed by atoms with Gasteiger partial charge in [0, 0.05) is 0 Å². The number of hydrogen-bond donors (Lipinski definition) is 1. The SMILES string of the molecule is O=C(Nc1ccccc1Cl)O/N=C/c1ccc(F)cc1. The number of anilines is 1. The van der Waals surface area contributed by atoms with E-state index in [4.69, 9.17) is 11.6 Å². The molecular formula is C14H10ClFN2O2. The lowest BCUT2D eigenvalue weighted by molar-refractivity contribution is 0.167. The van der Waals surface area contributed by atoms with Gasteiger partial charge in [0.15, 0.2) is 0 Å². The first kappa shape index (κ1) is 14.0. The van der Waals surface area contributed by atoms with Crippen molar-refractivity contribution in [2.45, 2.75) is 0 Å². The van der Waals surface area contributed by atoms with Gasteiger partial charge in [0.05, 0.1) is 16.9 Å². The zero-order valence-electron chi connectivity index (χ0n) is 10.2. The second-order valence-corrected chi connectivity index (χ2v) is 4.18. The molecule has 0 unspecified atom stereocenters. The maximum atomic E-state index is 12.7. The molecule has 0 saturated carbocycles. The summed E-state index contributed by atoms with van der Waals surface area (Å²) in [5.41, 5.74) is 1.04. The minimum atomic E-state index is -0.767. The smallest absolute Gasteiger partial charge is 0.298 e. The minimum absolute atomic E-state index is 0.348. The van der Waals surface area contributed by atoms with Gasteiger partial charge in [0.2, 0.25) is 0 Å². The van der Waals surface area contributed by atoms with E-state index in [1.54, 1.807) is 24.3 Å². The molecule has 20 heavy (non-hydrogen) atoms. The largest absolute Gasteiger partial charge is 0.437 e. The lowest BCUT2D eigenvalue weighted by atomic mass is 10.2. The van der Waals surface area contributed by atoms with Crippen molar-refractivity contribution in [3.63, 3.8) is 0 Å². The zero-order valence-corrected chi connectivity index (χ0v) is 11.0. The van der Waals surface area contributed by atoms with Crippen LogP contribution in [-0.4, -0.2) is 12.3 Å². The summed E-state index contributed by atoms with van der Waals surface area (Å²) in [6.07, 6.45) is 0.530. The first-order chi connectivity index (χ1) is 9.65. The first-order valence-electron chi connectivity index (χ1n) is 5.66. The Bertz CT molecular complexity index is 629. The van der Waals surface area contributed by atoms with Crippen molar-refractivity contribution in [1.82, 2.24) is 0 Å². The van der Waals surface area contributed by atoms with E-state index in [0.717, 1.165) is 0 Å². The Kier molecular flexibility index (Phi) is 4.68. The van der Waals surface area contributed by atoms with Gasteiger partial charge in [0.25, 0.3) is 0 Å². The van der Waals surface area contributed by atoms with Crippen molar-refractivity contribution < 1.29 is 14.0 Å². The molecule has 0 atom stereocenters. The lowest BCUT2D eigenvalue weighted by Crippen LogP contribution is -2.11. The number of carbonyl (C=O) groups is 1. The van der Waals surface area contributed by atoms with Crippen LogP contribution in [0.4, 0.5) is 14.9 Å². The Morgan fingerprint density at radius 2 is 1.90 bits per heavy atom. The number of benzene rings is 2. The molecule has 0 spiro atoms. The van der Waals surface area contributed by atoms with Gasteiger partial charge in [-0.25, -0.2) is 9.18 Å². The van der Waals surface area contributed by atoms with Crippen LogP contribution in [0, 0.1) is 5.82 Å². The third kappa shape index (κ3) is 4.07. The summed E-state index contributed by atoms with van der Waals surface area (Å²) in [5.74, 6) is -0.348. The summed E-state index contributed by atoms with van der Waals surface area (Å²) in [6.45, 7) is 0. The number of hydrogen-bond acceptors (Lipinski definition) is 3. The van der Waals surface area contributed by atoms with Crippen molar-refractivity contribution in [1.29, 1.82) is 0 Å². The fraction of sp³-hybridized carbons (Fsp3) is 0. The second kappa shape index (κ2) is 6.68. The van der Waals surface area contributed by atoms with E-state index < -0.39 is 6.09 Å². The zero-order chi connectivity index (χ0) is 14.4. The minimum Gasteiger partial charge on any atom is -0.298 e.